The molecule has 164 valence electrons. The smallest absolute Gasteiger partial charge is 0.249 e. The number of hydrogen-bond acceptors (Lipinski definition) is 6. The van der Waals surface area contributed by atoms with Gasteiger partial charge in [-0.05, 0) is 43.4 Å². The molecule has 3 amide bonds. The molecule has 3 fully saturated rings. The van der Waals surface area contributed by atoms with E-state index in [2.05, 4.69) is 10.5 Å². The first-order valence-corrected chi connectivity index (χ1v) is 10.9. The van der Waals surface area contributed by atoms with Crippen molar-refractivity contribution in [2.75, 3.05) is 18.4 Å². The maximum Gasteiger partial charge on any atom is 0.249 e. The van der Waals surface area contributed by atoms with Gasteiger partial charge in [0.05, 0.1) is 18.7 Å². The van der Waals surface area contributed by atoms with Crippen molar-refractivity contribution in [3.8, 4) is 0 Å². The molecule has 0 bridgehead atoms. The fraction of sp³-hybridized carbons (Fsp3) is 0.714. The Morgan fingerprint density at radius 2 is 2.17 bits per heavy atom. The van der Waals surface area contributed by atoms with Crippen molar-refractivity contribution in [1.29, 1.82) is 0 Å². The molecule has 2 saturated carbocycles. The van der Waals surface area contributed by atoms with Gasteiger partial charge in [0.25, 0.3) is 0 Å². The summed E-state index contributed by atoms with van der Waals surface area (Å²) in [6, 6.07) is 0.978. The van der Waals surface area contributed by atoms with Crippen molar-refractivity contribution in [3.63, 3.8) is 0 Å². The summed E-state index contributed by atoms with van der Waals surface area (Å²) in [4.78, 5) is 39.0. The quantitative estimate of drug-likeness (QED) is 0.361. The second-order valence-corrected chi connectivity index (χ2v) is 9.20. The summed E-state index contributed by atoms with van der Waals surface area (Å²) in [5.74, 6) is -0.104. The van der Waals surface area contributed by atoms with Crippen LogP contribution in [0.3, 0.4) is 0 Å². The van der Waals surface area contributed by atoms with E-state index in [1.165, 1.54) is 31.9 Å². The lowest BCUT2D eigenvalue weighted by molar-refractivity contribution is -0.158. The van der Waals surface area contributed by atoms with Gasteiger partial charge in [0.1, 0.15) is 6.04 Å². The van der Waals surface area contributed by atoms with Gasteiger partial charge in [0, 0.05) is 12.6 Å². The predicted molar refractivity (Wildman–Crippen MR) is 106 cm³/mol. The molecule has 0 aromatic carbocycles. The highest BCUT2D eigenvalue weighted by molar-refractivity contribution is 5.97. The lowest BCUT2D eigenvalue weighted by atomic mass is 9.93. The van der Waals surface area contributed by atoms with Gasteiger partial charge in [-0.15, -0.1) is 0 Å². The summed E-state index contributed by atoms with van der Waals surface area (Å²) in [6.45, 7) is 0.502. The van der Waals surface area contributed by atoms with Gasteiger partial charge >= 0.3 is 0 Å². The van der Waals surface area contributed by atoms with Gasteiger partial charge in [-0.25, -0.2) is 5.06 Å². The molecular formula is C21H30N4O5. The van der Waals surface area contributed by atoms with Crippen molar-refractivity contribution in [2.45, 2.75) is 63.8 Å². The van der Waals surface area contributed by atoms with Crippen LogP contribution < -0.4 is 5.32 Å². The monoisotopic (exact) mass is 418 g/mol. The van der Waals surface area contributed by atoms with Crippen LogP contribution in [0.4, 0.5) is 5.88 Å². The molecule has 1 aromatic rings. The Hall–Kier alpha value is -2.42. The molecule has 0 radical (unpaired) electrons. The Bertz CT molecular complexity index is 757. The Morgan fingerprint density at radius 1 is 1.40 bits per heavy atom. The van der Waals surface area contributed by atoms with Crippen LogP contribution in [0, 0.1) is 17.3 Å². The highest BCUT2D eigenvalue weighted by Crippen LogP contribution is 2.55. The van der Waals surface area contributed by atoms with Gasteiger partial charge in [-0.2, -0.15) is 0 Å². The molecule has 1 aromatic heterocycles. The lowest BCUT2D eigenvalue weighted by Gasteiger charge is -2.29. The van der Waals surface area contributed by atoms with E-state index in [0.717, 1.165) is 19.3 Å². The molecule has 2 atom stereocenters. The molecular weight excluding hydrogens is 388 g/mol. The fourth-order valence-corrected chi connectivity index (χ4v) is 5.08. The molecule has 1 aliphatic heterocycles. The van der Waals surface area contributed by atoms with Crippen molar-refractivity contribution in [2.24, 2.45) is 17.3 Å². The van der Waals surface area contributed by atoms with Gasteiger partial charge in [0.2, 0.25) is 24.1 Å². The van der Waals surface area contributed by atoms with Crippen LogP contribution in [0.2, 0.25) is 0 Å². The number of likely N-dealkylation sites (tertiary alicyclic amines) is 1. The van der Waals surface area contributed by atoms with Gasteiger partial charge in [-0.3, -0.25) is 24.9 Å². The molecule has 0 unspecified atom stereocenters. The van der Waals surface area contributed by atoms with Crippen LogP contribution in [0.25, 0.3) is 0 Å². The zero-order valence-electron chi connectivity index (χ0n) is 17.2. The summed E-state index contributed by atoms with van der Waals surface area (Å²) in [5.41, 5.74) is 0.0264. The summed E-state index contributed by atoms with van der Waals surface area (Å²) in [5, 5.41) is 16.6. The summed E-state index contributed by atoms with van der Waals surface area (Å²) >= 11 is 0. The van der Waals surface area contributed by atoms with Crippen LogP contribution in [-0.4, -0.2) is 57.7 Å². The first-order valence-electron chi connectivity index (χ1n) is 10.9. The van der Waals surface area contributed by atoms with Crippen molar-refractivity contribution < 1.29 is 24.1 Å². The molecule has 1 saturated heterocycles. The number of carbonyl (C=O) groups is 3. The number of carbonyl (C=O) groups excluding carboxylic acids is 3. The van der Waals surface area contributed by atoms with Crippen LogP contribution >= 0.6 is 0 Å². The zero-order valence-corrected chi connectivity index (χ0v) is 17.2. The predicted octanol–water partition coefficient (Wildman–Crippen LogP) is 2.43. The average Bonchev–Trinajstić information content (AvgIpc) is 3.17. The van der Waals surface area contributed by atoms with Crippen LogP contribution in [0.5, 0.6) is 0 Å². The van der Waals surface area contributed by atoms with Crippen LogP contribution in [-0.2, 0) is 14.4 Å². The van der Waals surface area contributed by atoms with Gasteiger partial charge in [-0.1, -0.05) is 30.8 Å². The molecule has 2 heterocycles. The van der Waals surface area contributed by atoms with Crippen molar-refractivity contribution in [1.82, 2.24) is 15.1 Å². The molecule has 3 aliphatic rings. The van der Waals surface area contributed by atoms with Crippen LogP contribution in [0.15, 0.2) is 16.8 Å². The third-order valence-electron chi connectivity index (χ3n) is 7.01. The number of nitrogens with one attached hydrogen (secondary N) is 1. The van der Waals surface area contributed by atoms with Crippen molar-refractivity contribution >= 4 is 24.1 Å². The second kappa shape index (κ2) is 8.75. The number of rotatable bonds is 9. The standard InChI is InChI=1S/C21H30N4O5/c26-14-24(29)12-16(6-5-15-3-1-2-4-15)20(28)25-13-21(8-9-21)11-17(25)19(27)23-18-7-10-22-30-18/h7,10,14-17,29H,1-6,8-9,11-13H2,(H,23,27)/t16-,17+/m1/s1. The van der Waals surface area contributed by atoms with Gasteiger partial charge in [0.15, 0.2) is 0 Å². The normalized spacial score (nSPS) is 23.5. The lowest BCUT2D eigenvalue weighted by Crippen LogP contribution is -2.47. The Kier molecular flexibility index (Phi) is 6.08. The number of amides is 3. The molecule has 2 aliphatic carbocycles. The molecule has 1 spiro atoms. The highest BCUT2D eigenvalue weighted by Gasteiger charge is 2.55. The number of aromatic nitrogens is 1. The molecule has 30 heavy (non-hydrogen) atoms. The number of anilines is 1. The summed E-state index contributed by atoms with van der Waals surface area (Å²) < 4.78 is 4.97. The number of nitrogens with zero attached hydrogens (tertiary/aromatic N) is 3. The SMILES string of the molecule is O=CN(O)C[C@@H](CCC1CCCC1)C(=O)N1CC2(CC2)C[C@H]1C(=O)Nc1ccno1. The highest BCUT2D eigenvalue weighted by atomic mass is 16.5. The average molecular weight is 418 g/mol. The zero-order chi connectivity index (χ0) is 21.1. The minimum Gasteiger partial charge on any atom is -0.338 e. The third-order valence-corrected chi connectivity index (χ3v) is 7.01. The van der Waals surface area contributed by atoms with E-state index in [9.17, 15) is 19.6 Å². The molecule has 4 rings (SSSR count). The third kappa shape index (κ3) is 4.66. The first kappa shape index (κ1) is 20.8. The second-order valence-electron chi connectivity index (χ2n) is 9.20. The first-order chi connectivity index (χ1) is 14.5. The maximum absolute atomic E-state index is 13.5. The van der Waals surface area contributed by atoms with Crippen LogP contribution in [0.1, 0.15) is 57.8 Å². The maximum atomic E-state index is 13.5. The number of hydrogen-bond donors (Lipinski definition) is 2. The van der Waals surface area contributed by atoms with E-state index in [0.29, 0.717) is 36.8 Å². The van der Waals surface area contributed by atoms with E-state index >= 15 is 0 Å². The van der Waals surface area contributed by atoms with E-state index in [4.69, 9.17) is 4.52 Å². The summed E-state index contributed by atoms with van der Waals surface area (Å²) in [6.07, 6.45) is 10.7. The van der Waals surface area contributed by atoms with Crippen molar-refractivity contribution in [3.05, 3.63) is 12.3 Å². The molecule has 9 heteroatoms. The molecule has 9 nitrogen and oxygen atoms in total. The Balaban J connectivity index is 1.46. The fourth-order valence-electron chi connectivity index (χ4n) is 5.08. The van der Waals surface area contributed by atoms with Gasteiger partial charge < -0.3 is 9.42 Å². The van der Waals surface area contributed by atoms with E-state index in [1.807, 2.05) is 0 Å². The Labute approximate surface area is 175 Å². The Morgan fingerprint density at radius 3 is 2.80 bits per heavy atom. The minimum absolute atomic E-state index is 0.0264. The number of hydroxylamine groups is 2. The minimum atomic E-state index is -0.581. The van der Waals surface area contributed by atoms with E-state index < -0.39 is 12.0 Å². The topological polar surface area (TPSA) is 116 Å². The largest absolute Gasteiger partial charge is 0.338 e. The van der Waals surface area contributed by atoms with E-state index in [-0.39, 0.29) is 29.7 Å². The summed E-state index contributed by atoms with van der Waals surface area (Å²) in [7, 11) is 0. The van der Waals surface area contributed by atoms with E-state index in [1.54, 1.807) is 11.0 Å². The molecule has 2 N–H and O–H groups in total.